The Balaban J connectivity index is 2.13. The maximum atomic E-state index is 9.24. The monoisotopic (exact) mass is 293 g/mol. The van der Waals surface area contributed by atoms with Gasteiger partial charge in [0.2, 0.25) is 0 Å². The van der Waals surface area contributed by atoms with E-state index in [4.69, 9.17) is 11.6 Å². The minimum absolute atomic E-state index is 0.129. The van der Waals surface area contributed by atoms with Gasteiger partial charge in [0.25, 0.3) is 0 Å². The van der Waals surface area contributed by atoms with Crippen LogP contribution in [0.4, 0.5) is 0 Å². The predicted octanol–water partition coefficient (Wildman–Crippen LogP) is 2.38. The third-order valence-electron chi connectivity index (χ3n) is 3.32. The highest BCUT2D eigenvalue weighted by atomic mass is 35.5. The third kappa shape index (κ3) is 3.60. The number of hydrogen-bond acceptors (Lipinski definition) is 3. The number of aliphatic hydroxyl groups is 1. The van der Waals surface area contributed by atoms with Gasteiger partial charge in [0.05, 0.1) is 12.3 Å². The maximum absolute atomic E-state index is 9.24. The van der Waals surface area contributed by atoms with Gasteiger partial charge in [-0.2, -0.15) is 5.10 Å². The molecule has 4 nitrogen and oxygen atoms in total. The van der Waals surface area contributed by atoms with Gasteiger partial charge in [-0.05, 0) is 12.5 Å². The Kier molecular flexibility index (Phi) is 5.17. The summed E-state index contributed by atoms with van der Waals surface area (Å²) in [5, 5.41) is 14.2. The smallest absolute Gasteiger partial charge is 0.131 e. The number of rotatable bonds is 6. The fourth-order valence-electron chi connectivity index (χ4n) is 2.27. The summed E-state index contributed by atoms with van der Waals surface area (Å²) in [6.45, 7) is 4.17. The summed E-state index contributed by atoms with van der Waals surface area (Å²) in [4.78, 5) is 2.17. The van der Waals surface area contributed by atoms with Crippen molar-refractivity contribution in [2.24, 2.45) is 7.05 Å². The number of hydrogen-bond donors (Lipinski definition) is 1. The van der Waals surface area contributed by atoms with Gasteiger partial charge in [-0.15, -0.1) is 0 Å². The quantitative estimate of drug-likeness (QED) is 0.889. The molecule has 0 unspecified atom stereocenters. The lowest BCUT2D eigenvalue weighted by Crippen LogP contribution is -2.26. The van der Waals surface area contributed by atoms with Crippen LogP contribution in [0.3, 0.4) is 0 Å². The van der Waals surface area contributed by atoms with Crippen molar-refractivity contribution in [1.82, 2.24) is 14.7 Å². The normalized spacial score (nSPS) is 11.2. The second-order valence-corrected chi connectivity index (χ2v) is 5.26. The molecular weight excluding hydrogens is 274 g/mol. The van der Waals surface area contributed by atoms with Crippen molar-refractivity contribution in [1.29, 1.82) is 0 Å². The molecule has 1 aromatic heterocycles. The Hall–Kier alpha value is -1.36. The van der Waals surface area contributed by atoms with Crippen LogP contribution in [0.25, 0.3) is 0 Å². The molecule has 20 heavy (non-hydrogen) atoms. The van der Waals surface area contributed by atoms with Gasteiger partial charge in [0.1, 0.15) is 5.15 Å². The Morgan fingerprint density at radius 2 is 1.95 bits per heavy atom. The van der Waals surface area contributed by atoms with Crippen LogP contribution in [0.2, 0.25) is 5.15 Å². The van der Waals surface area contributed by atoms with Crippen LogP contribution in [0, 0.1) is 6.92 Å². The number of halogens is 1. The standard InChI is InChI=1S/C15H20ClN3O/c1-12-14(15(16)18(2)17-12)11-19(8-9-20)10-13-6-4-3-5-7-13/h3-7,20H,8-11H2,1-2H3. The second kappa shape index (κ2) is 6.88. The minimum Gasteiger partial charge on any atom is -0.395 e. The molecule has 2 rings (SSSR count). The second-order valence-electron chi connectivity index (χ2n) is 4.90. The molecule has 108 valence electrons. The molecule has 0 spiro atoms. The molecule has 0 atom stereocenters. The van der Waals surface area contributed by atoms with Crippen LogP contribution in [-0.4, -0.2) is 32.9 Å². The molecule has 0 saturated carbocycles. The van der Waals surface area contributed by atoms with Crippen molar-refractivity contribution in [2.45, 2.75) is 20.0 Å². The Bertz CT molecular complexity index is 554. The molecule has 5 heteroatoms. The summed E-state index contributed by atoms with van der Waals surface area (Å²) in [7, 11) is 1.84. The Morgan fingerprint density at radius 3 is 2.50 bits per heavy atom. The lowest BCUT2D eigenvalue weighted by atomic mass is 10.2. The highest BCUT2D eigenvalue weighted by Gasteiger charge is 2.15. The zero-order chi connectivity index (χ0) is 14.5. The van der Waals surface area contributed by atoms with E-state index < -0.39 is 0 Å². The number of aliphatic hydroxyl groups excluding tert-OH is 1. The average Bonchev–Trinajstić information content (AvgIpc) is 2.67. The summed E-state index contributed by atoms with van der Waals surface area (Å²) in [5.74, 6) is 0. The van der Waals surface area contributed by atoms with Crippen molar-refractivity contribution < 1.29 is 5.11 Å². The van der Waals surface area contributed by atoms with Gasteiger partial charge < -0.3 is 5.11 Å². The van der Waals surface area contributed by atoms with Crippen LogP contribution < -0.4 is 0 Å². The van der Waals surface area contributed by atoms with Crippen molar-refractivity contribution in [3.8, 4) is 0 Å². The summed E-state index contributed by atoms with van der Waals surface area (Å²) in [6.07, 6.45) is 0. The van der Waals surface area contributed by atoms with E-state index in [-0.39, 0.29) is 6.61 Å². The first-order valence-electron chi connectivity index (χ1n) is 6.67. The van der Waals surface area contributed by atoms with Crippen LogP contribution >= 0.6 is 11.6 Å². The van der Waals surface area contributed by atoms with Crippen molar-refractivity contribution in [3.05, 3.63) is 52.3 Å². The van der Waals surface area contributed by atoms with Crippen LogP contribution in [0.5, 0.6) is 0 Å². The number of aromatic nitrogens is 2. The fraction of sp³-hybridized carbons (Fsp3) is 0.400. The van der Waals surface area contributed by atoms with E-state index in [1.165, 1.54) is 5.56 Å². The lowest BCUT2D eigenvalue weighted by Gasteiger charge is -2.21. The number of benzene rings is 1. The zero-order valence-corrected chi connectivity index (χ0v) is 12.6. The molecule has 1 heterocycles. The molecule has 2 aromatic rings. The first-order chi connectivity index (χ1) is 9.61. The highest BCUT2D eigenvalue weighted by Crippen LogP contribution is 2.21. The van der Waals surface area contributed by atoms with Crippen molar-refractivity contribution in [2.75, 3.05) is 13.2 Å². The number of aryl methyl sites for hydroxylation is 2. The maximum Gasteiger partial charge on any atom is 0.131 e. The molecule has 0 radical (unpaired) electrons. The van der Waals surface area contributed by atoms with E-state index in [2.05, 4.69) is 22.1 Å². The summed E-state index contributed by atoms with van der Waals surface area (Å²) in [6, 6.07) is 10.2. The first kappa shape index (κ1) is 15.0. The van der Waals surface area contributed by atoms with Gasteiger partial charge in [-0.1, -0.05) is 41.9 Å². The predicted molar refractivity (Wildman–Crippen MR) is 80.6 cm³/mol. The molecule has 0 aliphatic rings. The SMILES string of the molecule is Cc1nn(C)c(Cl)c1CN(CCO)Cc1ccccc1. The third-order valence-corrected chi connectivity index (χ3v) is 3.79. The molecule has 0 saturated heterocycles. The zero-order valence-electron chi connectivity index (χ0n) is 11.9. The lowest BCUT2D eigenvalue weighted by molar-refractivity contribution is 0.184. The van der Waals surface area contributed by atoms with Gasteiger partial charge in [-0.3, -0.25) is 9.58 Å². The molecule has 0 aliphatic heterocycles. The highest BCUT2D eigenvalue weighted by molar-refractivity contribution is 6.30. The Morgan fingerprint density at radius 1 is 1.25 bits per heavy atom. The van der Waals surface area contributed by atoms with E-state index in [9.17, 15) is 5.11 Å². The van der Waals surface area contributed by atoms with Gasteiger partial charge in [-0.25, -0.2) is 0 Å². The van der Waals surface area contributed by atoms with E-state index in [1.807, 2.05) is 32.2 Å². The van der Waals surface area contributed by atoms with Crippen molar-refractivity contribution >= 4 is 11.6 Å². The van der Waals surface area contributed by atoms with Gasteiger partial charge in [0.15, 0.2) is 0 Å². The van der Waals surface area contributed by atoms with Gasteiger partial charge in [0, 0.05) is 32.2 Å². The van der Waals surface area contributed by atoms with Crippen molar-refractivity contribution in [3.63, 3.8) is 0 Å². The average molecular weight is 294 g/mol. The largest absolute Gasteiger partial charge is 0.395 e. The van der Waals surface area contributed by atoms with E-state index in [1.54, 1.807) is 4.68 Å². The Labute approximate surface area is 124 Å². The minimum atomic E-state index is 0.129. The molecule has 0 fully saturated rings. The molecule has 0 amide bonds. The van der Waals surface area contributed by atoms with Crippen LogP contribution in [0.15, 0.2) is 30.3 Å². The van der Waals surface area contributed by atoms with Gasteiger partial charge >= 0.3 is 0 Å². The van der Waals surface area contributed by atoms with E-state index in [0.29, 0.717) is 18.2 Å². The molecular formula is C15H20ClN3O. The number of nitrogens with zero attached hydrogens (tertiary/aromatic N) is 3. The van der Waals surface area contributed by atoms with Crippen LogP contribution in [0.1, 0.15) is 16.8 Å². The van der Waals surface area contributed by atoms with E-state index >= 15 is 0 Å². The van der Waals surface area contributed by atoms with E-state index in [0.717, 1.165) is 17.8 Å². The first-order valence-corrected chi connectivity index (χ1v) is 7.04. The molecule has 1 aromatic carbocycles. The van der Waals surface area contributed by atoms with Crippen LogP contribution in [-0.2, 0) is 20.1 Å². The molecule has 0 bridgehead atoms. The summed E-state index contributed by atoms with van der Waals surface area (Å²) < 4.78 is 1.69. The fourth-order valence-corrected chi connectivity index (χ4v) is 2.51. The topological polar surface area (TPSA) is 41.3 Å². The summed E-state index contributed by atoms with van der Waals surface area (Å²) in [5.41, 5.74) is 3.19. The molecule has 1 N–H and O–H groups in total. The summed E-state index contributed by atoms with van der Waals surface area (Å²) >= 11 is 6.27. The molecule has 0 aliphatic carbocycles.